The van der Waals surface area contributed by atoms with E-state index in [1.54, 1.807) is 12.4 Å². The van der Waals surface area contributed by atoms with Crippen molar-refractivity contribution in [1.29, 1.82) is 0 Å². The Bertz CT molecular complexity index is 408. The third kappa shape index (κ3) is 1.38. The Labute approximate surface area is 75.4 Å². The van der Waals surface area contributed by atoms with Gasteiger partial charge in [-0.05, 0) is 19.1 Å². The molecule has 66 valence electrons. The van der Waals surface area contributed by atoms with Gasteiger partial charge < -0.3 is 10.2 Å². The second-order valence-electron chi connectivity index (χ2n) is 2.70. The molecule has 2 N–H and O–H groups in total. The molecular formula is C9H9N3O. The first kappa shape index (κ1) is 7.79. The van der Waals surface area contributed by atoms with Crippen molar-refractivity contribution in [3.8, 4) is 11.3 Å². The quantitative estimate of drug-likeness (QED) is 0.715. The van der Waals surface area contributed by atoms with E-state index in [2.05, 4.69) is 9.97 Å². The van der Waals surface area contributed by atoms with Crippen LogP contribution in [0.15, 0.2) is 28.9 Å². The molecule has 0 unspecified atom stereocenters. The highest BCUT2D eigenvalue weighted by Gasteiger charge is 2.08. The maximum absolute atomic E-state index is 5.42. The minimum atomic E-state index is 0.191. The van der Waals surface area contributed by atoms with Crippen LogP contribution in [0.5, 0.6) is 0 Å². The number of aryl methyl sites for hydroxylation is 1. The number of nitrogen functional groups attached to an aromatic ring is 1. The van der Waals surface area contributed by atoms with Crippen LogP contribution in [-0.2, 0) is 0 Å². The lowest BCUT2D eigenvalue weighted by Gasteiger charge is -1.93. The SMILES string of the molecule is Cc1oc(N)nc1-c1cccnc1. The molecule has 13 heavy (non-hydrogen) atoms. The second kappa shape index (κ2) is 2.90. The number of oxazole rings is 1. The Morgan fingerprint density at radius 1 is 1.46 bits per heavy atom. The predicted molar refractivity (Wildman–Crippen MR) is 48.9 cm³/mol. The summed E-state index contributed by atoms with van der Waals surface area (Å²) < 4.78 is 5.11. The van der Waals surface area contributed by atoms with Gasteiger partial charge in [-0.15, -0.1) is 0 Å². The van der Waals surface area contributed by atoms with E-state index >= 15 is 0 Å². The Kier molecular flexibility index (Phi) is 1.73. The lowest BCUT2D eigenvalue weighted by atomic mass is 10.2. The van der Waals surface area contributed by atoms with E-state index in [0.717, 1.165) is 11.3 Å². The van der Waals surface area contributed by atoms with Gasteiger partial charge in [0, 0.05) is 18.0 Å². The fraction of sp³-hybridized carbons (Fsp3) is 0.111. The summed E-state index contributed by atoms with van der Waals surface area (Å²) in [7, 11) is 0. The molecule has 4 heteroatoms. The zero-order valence-electron chi connectivity index (χ0n) is 7.19. The maximum Gasteiger partial charge on any atom is 0.292 e. The van der Waals surface area contributed by atoms with E-state index in [0.29, 0.717) is 5.76 Å². The summed E-state index contributed by atoms with van der Waals surface area (Å²) in [6.45, 7) is 1.83. The highest BCUT2D eigenvalue weighted by atomic mass is 16.4. The summed E-state index contributed by atoms with van der Waals surface area (Å²) >= 11 is 0. The summed E-state index contributed by atoms with van der Waals surface area (Å²) in [5.74, 6) is 0.713. The van der Waals surface area contributed by atoms with Gasteiger partial charge in [0.05, 0.1) is 0 Å². The summed E-state index contributed by atoms with van der Waals surface area (Å²) in [4.78, 5) is 8.04. The Balaban J connectivity index is 2.53. The van der Waals surface area contributed by atoms with Gasteiger partial charge in [-0.2, -0.15) is 4.98 Å². The molecule has 2 aromatic heterocycles. The first-order valence-electron chi connectivity index (χ1n) is 3.90. The fourth-order valence-electron chi connectivity index (χ4n) is 1.19. The van der Waals surface area contributed by atoms with Crippen LogP contribution in [-0.4, -0.2) is 9.97 Å². The number of nitrogens with two attached hydrogens (primary N) is 1. The summed E-state index contributed by atoms with van der Waals surface area (Å²) in [5, 5.41) is 0. The molecular weight excluding hydrogens is 166 g/mol. The number of aromatic nitrogens is 2. The van der Waals surface area contributed by atoms with E-state index in [1.165, 1.54) is 0 Å². The van der Waals surface area contributed by atoms with Crippen molar-refractivity contribution in [2.75, 3.05) is 5.73 Å². The predicted octanol–water partition coefficient (Wildman–Crippen LogP) is 1.63. The molecule has 0 spiro atoms. The molecule has 0 radical (unpaired) electrons. The van der Waals surface area contributed by atoms with E-state index in [9.17, 15) is 0 Å². The minimum absolute atomic E-state index is 0.191. The van der Waals surface area contributed by atoms with Gasteiger partial charge in [-0.3, -0.25) is 4.98 Å². The fourth-order valence-corrected chi connectivity index (χ4v) is 1.19. The van der Waals surface area contributed by atoms with Crippen LogP contribution in [0.1, 0.15) is 5.76 Å². The zero-order valence-corrected chi connectivity index (χ0v) is 7.19. The molecule has 2 aromatic rings. The van der Waals surface area contributed by atoms with Crippen molar-refractivity contribution in [2.24, 2.45) is 0 Å². The van der Waals surface area contributed by atoms with Gasteiger partial charge in [0.25, 0.3) is 6.01 Å². The van der Waals surface area contributed by atoms with E-state index in [1.807, 2.05) is 19.1 Å². The number of hydrogen-bond acceptors (Lipinski definition) is 4. The molecule has 0 aliphatic carbocycles. The van der Waals surface area contributed by atoms with Crippen LogP contribution in [0.4, 0.5) is 6.01 Å². The van der Waals surface area contributed by atoms with Crippen molar-refractivity contribution in [2.45, 2.75) is 6.92 Å². The first-order valence-corrected chi connectivity index (χ1v) is 3.90. The number of anilines is 1. The topological polar surface area (TPSA) is 64.9 Å². The van der Waals surface area contributed by atoms with Gasteiger partial charge in [0.1, 0.15) is 11.5 Å². The van der Waals surface area contributed by atoms with Crippen molar-refractivity contribution in [1.82, 2.24) is 9.97 Å². The van der Waals surface area contributed by atoms with Crippen LogP contribution in [0.3, 0.4) is 0 Å². The average Bonchev–Trinajstić information content (AvgIpc) is 2.47. The summed E-state index contributed by atoms with van der Waals surface area (Å²) in [6.07, 6.45) is 3.44. The van der Waals surface area contributed by atoms with Crippen LogP contribution >= 0.6 is 0 Å². The molecule has 0 saturated heterocycles. The van der Waals surface area contributed by atoms with Gasteiger partial charge >= 0.3 is 0 Å². The third-order valence-electron chi connectivity index (χ3n) is 1.75. The highest BCUT2D eigenvalue weighted by Crippen LogP contribution is 2.22. The number of rotatable bonds is 1. The lowest BCUT2D eigenvalue weighted by molar-refractivity contribution is 0.549. The molecule has 0 atom stereocenters. The number of pyridine rings is 1. The third-order valence-corrected chi connectivity index (χ3v) is 1.75. The highest BCUT2D eigenvalue weighted by molar-refractivity contribution is 5.60. The molecule has 4 nitrogen and oxygen atoms in total. The average molecular weight is 175 g/mol. The standard InChI is InChI=1S/C9H9N3O/c1-6-8(12-9(10)13-6)7-3-2-4-11-5-7/h2-5H,1H3,(H2,10,12). The van der Waals surface area contributed by atoms with Gasteiger partial charge in [-0.1, -0.05) is 0 Å². The lowest BCUT2D eigenvalue weighted by Crippen LogP contribution is -1.84. The van der Waals surface area contributed by atoms with E-state index in [4.69, 9.17) is 10.2 Å². The largest absolute Gasteiger partial charge is 0.429 e. The zero-order chi connectivity index (χ0) is 9.26. The van der Waals surface area contributed by atoms with E-state index in [-0.39, 0.29) is 6.01 Å². The van der Waals surface area contributed by atoms with Crippen molar-refractivity contribution in [3.63, 3.8) is 0 Å². The molecule has 0 aliphatic heterocycles. The summed E-state index contributed by atoms with van der Waals surface area (Å²) in [6, 6.07) is 3.95. The Hall–Kier alpha value is -1.84. The summed E-state index contributed by atoms with van der Waals surface area (Å²) in [5.41, 5.74) is 7.09. The van der Waals surface area contributed by atoms with Crippen molar-refractivity contribution < 1.29 is 4.42 Å². The van der Waals surface area contributed by atoms with Gasteiger partial charge in [0.15, 0.2) is 0 Å². The smallest absolute Gasteiger partial charge is 0.292 e. The van der Waals surface area contributed by atoms with Crippen LogP contribution in [0.2, 0.25) is 0 Å². The number of nitrogens with zero attached hydrogens (tertiary/aromatic N) is 2. The number of hydrogen-bond donors (Lipinski definition) is 1. The van der Waals surface area contributed by atoms with Gasteiger partial charge in [-0.25, -0.2) is 0 Å². The van der Waals surface area contributed by atoms with Crippen LogP contribution < -0.4 is 5.73 Å². The Morgan fingerprint density at radius 2 is 2.31 bits per heavy atom. The molecule has 0 saturated carbocycles. The van der Waals surface area contributed by atoms with E-state index < -0.39 is 0 Å². The van der Waals surface area contributed by atoms with Crippen molar-refractivity contribution >= 4 is 6.01 Å². The minimum Gasteiger partial charge on any atom is -0.429 e. The van der Waals surface area contributed by atoms with Gasteiger partial charge in [0.2, 0.25) is 0 Å². The molecule has 0 bridgehead atoms. The van der Waals surface area contributed by atoms with Crippen LogP contribution in [0.25, 0.3) is 11.3 Å². The first-order chi connectivity index (χ1) is 6.27. The van der Waals surface area contributed by atoms with Crippen molar-refractivity contribution in [3.05, 3.63) is 30.3 Å². The molecule has 2 rings (SSSR count). The van der Waals surface area contributed by atoms with Crippen LogP contribution in [0, 0.1) is 6.92 Å². The molecule has 0 aliphatic rings. The molecule has 0 amide bonds. The monoisotopic (exact) mass is 175 g/mol. The second-order valence-corrected chi connectivity index (χ2v) is 2.70. The Morgan fingerprint density at radius 3 is 2.85 bits per heavy atom. The maximum atomic E-state index is 5.42. The molecule has 0 aromatic carbocycles. The molecule has 2 heterocycles. The normalized spacial score (nSPS) is 10.2. The molecule has 0 fully saturated rings.